The van der Waals surface area contributed by atoms with Gasteiger partial charge < -0.3 is 14.5 Å². The Morgan fingerprint density at radius 2 is 1.52 bits per heavy atom. The number of benzene rings is 3. The average molecular weight is 694 g/mol. The van der Waals surface area contributed by atoms with Crippen molar-refractivity contribution in [1.29, 1.82) is 0 Å². The molecular weight excluding hydrogens is 655 g/mol. The van der Waals surface area contributed by atoms with Gasteiger partial charge in [-0.3, -0.25) is 34.8 Å². The van der Waals surface area contributed by atoms with Crippen molar-refractivity contribution in [3.05, 3.63) is 116 Å². The molecule has 0 radical (unpaired) electrons. The Bertz CT molecular complexity index is 1800. The van der Waals surface area contributed by atoms with Crippen LogP contribution in [0.25, 0.3) is 0 Å². The minimum Gasteiger partial charge on any atom is -0.497 e. The average Bonchev–Trinajstić information content (AvgIpc) is 3.08. The highest BCUT2D eigenvalue weighted by Crippen LogP contribution is 2.34. The number of carbonyl (C=O) groups excluding carboxylic acids is 2. The maximum atomic E-state index is 12.9. The standard InChI is InChI=1S/C17H20N2O2S.C16H15N3O5S.CH4/c1-5-19(17(20)14-11-18-9-8-12(14)2)15-10-13(21-3)6-7-16(15)22-4;1-10-12(8-11(18(21)22)9-14(10)19(23)24)16(20)17(2)13-6-4-5-7-15(13)25-3;/h6-11H,5H2,1-4H3;4-9H,1-3H3;1H4. The van der Waals surface area contributed by atoms with Crippen LogP contribution in [-0.2, 0) is 0 Å². The molecule has 4 rings (SSSR count). The van der Waals surface area contributed by atoms with E-state index in [0.29, 0.717) is 17.8 Å². The lowest BCUT2D eigenvalue weighted by atomic mass is 10.0. The summed E-state index contributed by atoms with van der Waals surface area (Å²) in [7, 11) is 3.16. The Labute approximate surface area is 288 Å². The van der Waals surface area contributed by atoms with E-state index in [0.717, 1.165) is 38.9 Å². The third-order valence-electron chi connectivity index (χ3n) is 7.26. The topological polar surface area (TPSA) is 149 Å². The summed E-state index contributed by atoms with van der Waals surface area (Å²) in [5, 5.41) is 22.2. The number of hydrogen-bond donors (Lipinski definition) is 0. The SMILES string of the molecule is C.CCN(C(=O)c1cnccc1C)c1cc(OC)ccc1SC.CSc1ccccc1N(C)C(=O)c1cc([N+](=O)[O-])cc([N+](=O)[O-])c1C. The van der Waals surface area contributed by atoms with Crippen LogP contribution in [0.5, 0.6) is 5.75 Å². The van der Waals surface area contributed by atoms with Gasteiger partial charge in [-0.1, -0.05) is 19.6 Å². The molecule has 48 heavy (non-hydrogen) atoms. The van der Waals surface area contributed by atoms with Crippen LogP contribution >= 0.6 is 23.5 Å². The molecule has 3 aromatic carbocycles. The summed E-state index contributed by atoms with van der Waals surface area (Å²) in [6, 6.07) is 16.7. The fourth-order valence-corrected chi connectivity index (χ4v) is 5.87. The second-order valence-corrected chi connectivity index (χ2v) is 11.7. The number of carbonyl (C=O) groups is 2. The lowest BCUT2D eigenvalue weighted by Gasteiger charge is -2.24. The van der Waals surface area contributed by atoms with E-state index in [1.807, 2.05) is 62.8 Å². The second kappa shape index (κ2) is 17.8. The molecule has 2 amide bonds. The monoisotopic (exact) mass is 693 g/mol. The molecule has 0 N–H and O–H groups in total. The lowest BCUT2D eigenvalue weighted by molar-refractivity contribution is -0.394. The molecule has 0 unspecified atom stereocenters. The quantitative estimate of drug-likeness (QED) is 0.0903. The number of nitrogens with zero attached hydrogens (tertiary/aromatic N) is 5. The number of aryl methyl sites for hydroxylation is 1. The Morgan fingerprint density at radius 3 is 2.08 bits per heavy atom. The van der Waals surface area contributed by atoms with Crippen LogP contribution in [0.1, 0.15) is 46.2 Å². The Balaban J connectivity index is 0.000000329. The highest BCUT2D eigenvalue weighted by atomic mass is 32.2. The van der Waals surface area contributed by atoms with E-state index in [4.69, 9.17) is 4.74 Å². The Kier molecular flexibility index (Phi) is 14.6. The molecule has 0 saturated heterocycles. The smallest absolute Gasteiger partial charge is 0.279 e. The van der Waals surface area contributed by atoms with Crippen molar-refractivity contribution in [3.63, 3.8) is 0 Å². The molecule has 0 fully saturated rings. The summed E-state index contributed by atoms with van der Waals surface area (Å²) in [4.78, 5) is 55.6. The third-order valence-corrected chi connectivity index (χ3v) is 8.83. The highest BCUT2D eigenvalue weighted by Gasteiger charge is 2.27. The van der Waals surface area contributed by atoms with Gasteiger partial charge in [0.05, 0.1) is 45.5 Å². The van der Waals surface area contributed by atoms with Crippen LogP contribution in [0.2, 0.25) is 0 Å². The number of methoxy groups -OCH3 is 1. The van der Waals surface area contributed by atoms with Gasteiger partial charge in [0.15, 0.2) is 0 Å². The Morgan fingerprint density at radius 1 is 0.875 bits per heavy atom. The highest BCUT2D eigenvalue weighted by molar-refractivity contribution is 7.99. The minimum absolute atomic E-state index is 0. The van der Waals surface area contributed by atoms with Gasteiger partial charge in [-0.2, -0.15) is 0 Å². The summed E-state index contributed by atoms with van der Waals surface area (Å²) in [6.45, 7) is 5.87. The van der Waals surface area contributed by atoms with Crippen molar-refractivity contribution >= 4 is 58.1 Å². The van der Waals surface area contributed by atoms with Gasteiger partial charge in [-0.05, 0) is 69.2 Å². The van der Waals surface area contributed by atoms with E-state index < -0.39 is 27.1 Å². The van der Waals surface area contributed by atoms with Crippen molar-refractivity contribution in [3.8, 4) is 5.75 Å². The van der Waals surface area contributed by atoms with Crippen LogP contribution in [0.15, 0.2) is 82.8 Å². The molecule has 0 aliphatic rings. The number of anilines is 2. The zero-order chi connectivity index (χ0) is 34.8. The molecule has 14 heteroatoms. The number of thioether (sulfide) groups is 2. The summed E-state index contributed by atoms with van der Waals surface area (Å²) >= 11 is 3.06. The Hall–Kier alpha value is -4.95. The fraction of sp³-hybridized carbons (Fsp3) is 0.265. The number of pyridine rings is 1. The molecule has 4 aromatic rings. The summed E-state index contributed by atoms with van der Waals surface area (Å²) in [5.74, 6) is 0.143. The fourth-order valence-electron chi connectivity index (χ4n) is 4.66. The number of nitro groups is 2. The van der Waals surface area contributed by atoms with E-state index in [-0.39, 0.29) is 24.5 Å². The summed E-state index contributed by atoms with van der Waals surface area (Å²) in [5.41, 5.74) is 2.10. The van der Waals surface area contributed by atoms with E-state index in [9.17, 15) is 29.8 Å². The van der Waals surface area contributed by atoms with Gasteiger partial charge in [0.2, 0.25) is 0 Å². The van der Waals surface area contributed by atoms with Crippen LogP contribution in [-0.4, -0.2) is 59.9 Å². The number of hydrogen-bond acceptors (Lipinski definition) is 10. The van der Waals surface area contributed by atoms with Gasteiger partial charge >= 0.3 is 0 Å². The van der Waals surface area contributed by atoms with Gasteiger partial charge in [-0.15, -0.1) is 23.5 Å². The minimum atomic E-state index is -0.751. The zero-order valence-corrected chi connectivity index (χ0v) is 28.7. The number of para-hydroxylation sites is 1. The van der Waals surface area contributed by atoms with Crippen LogP contribution in [0.3, 0.4) is 0 Å². The molecular formula is C34H39N5O7S2. The molecule has 0 aliphatic heterocycles. The van der Waals surface area contributed by atoms with E-state index in [1.165, 1.54) is 30.6 Å². The van der Waals surface area contributed by atoms with Crippen molar-refractivity contribution in [2.24, 2.45) is 0 Å². The number of non-ortho nitro benzene ring substituents is 1. The molecule has 0 bridgehead atoms. The molecule has 1 aromatic heterocycles. The molecule has 1 heterocycles. The van der Waals surface area contributed by atoms with Gasteiger partial charge in [0.25, 0.3) is 23.2 Å². The number of amides is 2. The zero-order valence-electron chi connectivity index (χ0n) is 27.0. The summed E-state index contributed by atoms with van der Waals surface area (Å²) in [6.07, 6.45) is 7.18. The molecule has 12 nitrogen and oxygen atoms in total. The van der Waals surface area contributed by atoms with Crippen molar-refractivity contribution in [2.45, 2.75) is 38.0 Å². The first-order chi connectivity index (χ1) is 22.4. The first-order valence-corrected chi connectivity index (χ1v) is 16.6. The predicted octanol–water partition coefficient (Wildman–Crippen LogP) is 8.23. The van der Waals surface area contributed by atoms with Gasteiger partial charge in [0, 0.05) is 53.5 Å². The second-order valence-electron chi connectivity index (χ2n) is 9.97. The van der Waals surface area contributed by atoms with E-state index >= 15 is 0 Å². The first kappa shape index (κ1) is 39.2. The summed E-state index contributed by atoms with van der Waals surface area (Å²) < 4.78 is 5.30. The molecule has 0 atom stereocenters. The van der Waals surface area contributed by atoms with Crippen LogP contribution in [0.4, 0.5) is 22.7 Å². The number of ether oxygens (including phenoxy) is 1. The first-order valence-electron chi connectivity index (χ1n) is 14.2. The number of rotatable bonds is 10. The number of aromatic nitrogens is 1. The van der Waals surface area contributed by atoms with Crippen LogP contribution < -0.4 is 14.5 Å². The predicted molar refractivity (Wildman–Crippen MR) is 193 cm³/mol. The van der Waals surface area contributed by atoms with Crippen molar-refractivity contribution < 1.29 is 24.2 Å². The lowest BCUT2D eigenvalue weighted by Crippen LogP contribution is -2.31. The van der Waals surface area contributed by atoms with Crippen LogP contribution in [0, 0.1) is 34.1 Å². The normalized spacial score (nSPS) is 10.1. The van der Waals surface area contributed by atoms with Crippen molar-refractivity contribution in [2.75, 3.05) is 43.0 Å². The third kappa shape index (κ3) is 8.89. The molecule has 0 spiro atoms. The largest absolute Gasteiger partial charge is 0.497 e. The van der Waals surface area contributed by atoms with Gasteiger partial charge in [0.1, 0.15) is 5.75 Å². The maximum absolute atomic E-state index is 12.9. The number of nitro benzene ring substituents is 2. The maximum Gasteiger partial charge on any atom is 0.279 e. The molecule has 0 aliphatic carbocycles. The van der Waals surface area contributed by atoms with Gasteiger partial charge in [-0.25, -0.2) is 0 Å². The van der Waals surface area contributed by atoms with E-state index in [1.54, 1.807) is 48.3 Å². The molecule has 0 saturated carbocycles. The van der Waals surface area contributed by atoms with E-state index in [2.05, 4.69) is 4.98 Å². The van der Waals surface area contributed by atoms with Crippen molar-refractivity contribution in [1.82, 2.24) is 4.98 Å². The molecule has 254 valence electrons.